The molecule has 5 nitrogen and oxygen atoms in total. The van der Waals surface area contributed by atoms with Crippen molar-refractivity contribution in [2.75, 3.05) is 0 Å². The number of hydrogen-bond donors (Lipinski definition) is 0. The summed E-state index contributed by atoms with van der Waals surface area (Å²) in [5, 5.41) is 11.0. The van der Waals surface area contributed by atoms with Crippen molar-refractivity contribution < 1.29 is 13.7 Å². The molecule has 0 aliphatic heterocycles. The molecule has 0 radical (unpaired) electrons. The Balaban J connectivity index is 1.88. The van der Waals surface area contributed by atoms with Crippen molar-refractivity contribution in [2.45, 2.75) is 17.5 Å². The van der Waals surface area contributed by atoms with Gasteiger partial charge in [0, 0.05) is 17.9 Å². The van der Waals surface area contributed by atoms with Gasteiger partial charge in [0.1, 0.15) is 0 Å². The number of nitrogens with zero attached hydrogens (tertiary/aromatic N) is 3. The lowest BCUT2D eigenvalue weighted by molar-refractivity contribution is -0.384. The van der Waals surface area contributed by atoms with E-state index in [1.165, 1.54) is 12.1 Å². The summed E-state index contributed by atoms with van der Waals surface area (Å²) in [4.78, 5) is 14.5. The summed E-state index contributed by atoms with van der Waals surface area (Å²) in [5.41, 5.74) is 1.51. The SMILES string of the molecule is O=[N+]([O-])c1cccc(CSc2nc3ccccc3n2C(F)F)c1. The molecule has 0 atom stereocenters. The minimum atomic E-state index is -2.70. The normalized spacial score (nSPS) is 11.3. The summed E-state index contributed by atoms with van der Waals surface area (Å²) in [6.07, 6.45) is 0. The van der Waals surface area contributed by atoms with E-state index in [-0.39, 0.29) is 10.8 Å². The number of para-hydroxylation sites is 2. The maximum Gasteiger partial charge on any atom is 0.321 e. The zero-order valence-electron chi connectivity index (χ0n) is 11.7. The first kappa shape index (κ1) is 15.4. The van der Waals surface area contributed by atoms with Crippen LogP contribution in [0.25, 0.3) is 11.0 Å². The van der Waals surface area contributed by atoms with Crippen LogP contribution in [0.2, 0.25) is 0 Å². The second-order valence-electron chi connectivity index (χ2n) is 4.75. The highest BCUT2D eigenvalue weighted by Gasteiger charge is 2.18. The average molecular weight is 335 g/mol. The third kappa shape index (κ3) is 3.16. The number of non-ortho nitro benzene ring substituents is 1. The molecular weight excluding hydrogens is 324 g/mol. The number of benzene rings is 2. The van der Waals surface area contributed by atoms with Crippen LogP contribution in [0.4, 0.5) is 14.5 Å². The standard InChI is InChI=1S/C15H11F2N3O2S/c16-14(17)19-13-7-2-1-6-12(13)18-15(19)23-9-10-4-3-5-11(8-10)20(21)22/h1-8,14H,9H2. The highest BCUT2D eigenvalue weighted by molar-refractivity contribution is 7.98. The van der Waals surface area contributed by atoms with E-state index >= 15 is 0 Å². The molecule has 0 aliphatic rings. The van der Waals surface area contributed by atoms with Crippen molar-refractivity contribution in [3.05, 3.63) is 64.2 Å². The van der Waals surface area contributed by atoms with E-state index in [2.05, 4.69) is 4.98 Å². The maximum atomic E-state index is 13.3. The summed E-state index contributed by atoms with van der Waals surface area (Å²) >= 11 is 1.12. The van der Waals surface area contributed by atoms with Gasteiger partial charge in [0.05, 0.1) is 16.0 Å². The van der Waals surface area contributed by atoms with Crippen LogP contribution in [0.1, 0.15) is 12.1 Å². The van der Waals surface area contributed by atoms with Crippen molar-refractivity contribution in [1.82, 2.24) is 9.55 Å². The summed E-state index contributed by atoms with van der Waals surface area (Å²) < 4.78 is 27.5. The number of nitro groups is 1. The molecule has 0 saturated carbocycles. The topological polar surface area (TPSA) is 61.0 Å². The quantitative estimate of drug-likeness (QED) is 0.387. The van der Waals surface area contributed by atoms with Gasteiger partial charge >= 0.3 is 6.55 Å². The summed E-state index contributed by atoms with van der Waals surface area (Å²) in [7, 11) is 0. The van der Waals surface area contributed by atoms with E-state index < -0.39 is 11.5 Å². The van der Waals surface area contributed by atoms with Crippen molar-refractivity contribution in [2.24, 2.45) is 0 Å². The number of fused-ring (bicyclic) bond motifs is 1. The molecule has 8 heteroatoms. The van der Waals surface area contributed by atoms with Crippen LogP contribution < -0.4 is 0 Å². The Morgan fingerprint density at radius 2 is 2.00 bits per heavy atom. The summed E-state index contributed by atoms with van der Waals surface area (Å²) in [6.45, 7) is -2.70. The highest BCUT2D eigenvalue weighted by atomic mass is 32.2. The molecule has 0 amide bonds. The molecule has 3 aromatic rings. The lowest BCUT2D eigenvalue weighted by atomic mass is 10.2. The Hall–Kier alpha value is -2.48. The van der Waals surface area contributed by atoms with E-state index in [1.807, 2.05) is 0 Å². The van der Waals surface area contributed by atoms with Gasteiger partial charge in [-0.1, -0.05) is 36.0 Å². The smallest absolute Gasteiger partial charge is 0.261 e. The first-order chi connectivity index (χ1) is 11.1. The van der Waals surface area contributed by atoms with Crippen molar-refractivity contribution >= 4 is 28.5 Å². The third-order valence-electron chi connectivity index (χ3n) is 3.25. The van der Waals surface area contributed by atoms with Crippen LogP contribution in [-0.4, -0.2) is 14.5 Å². The van der Waals surface area contributed by atoms with Gasteiger partial charge in [-0.3, -0.25) is 14.7 Å². The van der Waals surface area contributed by atoms with Crippen LogP contribution in [0.3, 0.4) is 0 Å². The van der Waals surface area contributed by atoms with E-state index in [0.717, 1.165) is 16.3 Å². The number of alkyl halides is 2. The number of imidazole rings is 1. The zero-order chi connectivity index (χ0) is 16.4. The molecule has 0 bridgehead atoms. The molecule has 0 N–H and O–H groups in total. The molecule has 0 spiro atoms. The number of thioether (sulfide) groups is 1. The Morgan fingerprint density at radius 1 is 1.22 bits per heavy atom. The largest absolute Gasteiger partial charge is 0.321 e. The Bertz CT molecular complexity index is 867. The second-order valence-corrected chi connectivity index (χ2v) is 5.69. The molecule has 3 rings (SSSR count). The van der Waals surface area contributed by atoms with E-state index in [9.17, 15) is 18.9 Å². The fraction of sp³-hybridized carbons (Fsp3) is 0.133. The van der Waals surface area contributed by atoms with Crippen LogP contribution in [0.15, 0.2) is 53.7 Å². The van der Waals surface area contributed by atoms with Crippen LogP contribution >= 0.6 is 11.8 Å². The highest BCUT2D eigenvalue weighted by Crippen LogP contribution is 2.31. The summed E-state index contributed by atoms with van der Waals surface area (Å²) in [5.74, 6) is 0.317. The van der Waals surface area contributed by atoms with Gasteiger partial charge in [-0.15, -0.1) is 0 Å². The minimum absolute atomic E-state index is 0.0227. The molecular formula is C15H11F2N3O2S. The van der Waals surface area contributed by atoms with Crippen LogP contribution in [0, 0.1) is 10.1 Å². The van der Waals surface area contributed by atoms with Crippen LogP contribution in [-0.2, 0) is 5.75 Å². The Kier molecular flexibility index (Phi) is 4.24. The lowest BCUT2D eigenvalue weighted by Gasteiger charge is -2.07. The van der Waals surface area contributed by atoms with Gasteiger partial charge in [0.25, 0.3) is 5.69 Å². The number of rotatable bonds is 5. The maximum absolute atomic E-state index is 13.3. The van der Waals surface area contributed by atoms with Crippen molar-refractivity contribution in [3.63, 3.8) is 0 Å². The fourth-order valence-electron chi connectivity index (χ4n) is 2.22. The van der Waals surface area contributed by atoms with Crippen LogP contribution in [0.5, 0.6) is 0 Å². The number of hydrogen-bond acceptors (Lipinski definition) is 4. The van der Waals surface area contributed by atoms with Crippen molar-refractivity contribution in [1.29, 1.82) is 0 Å². The van der Waals surface area contributed by atoms with Gasteiger partial charge in [0.15, 0.2) is 5.16 Å². The molecule has 1 aromatic heterocycles. The second kappa shape index (κ2) is 6.33. The average Bonchev–Trinajstić information content (AvgIpc) is 2.91. The molecule has 0 aliphatic carbocycles. The molecule has 23 heavy (non-hydrogen) atoms. The molecule has 118 valence electrons. The number of halogens is 2. The molecule has 2 aromatic carbocycles. The zero-order valence-corrected chi connectivity index (χ0v) is 12.5. The van der Waals surface area contributed by atoms with Gasteiger partial charge in [-0.05, 0) is 17.7 Å². The lowest BCUT2D eigenvalue weighted by Crippen LogP contribution is -2.00. The number of aromatic nitrogens is 2. The summed E-state index contributed by atoms with van der Waals surface area (Å²) in [6, 6.07) is 12.8. The molecule has 0 fully saturated rings. The predicted octanol–water partition coefficient (Wildman–Crippen LogP) is 4.63. The predicted molar refractivity (Wildman–Crippen MR) is 83.6 cm³/mol. The van der Waals surface area contributed by atoms with Gasteiger partial charge in [0.2, 0.25) is 0 Å². The third-order valence-corrected chi connectivity index (χ3v) is 4.27. The number of nitro benzene ring substituents is 1. The van der Waals surface area contributed by atoms with E-state index in [0.29, 0.717) is 22.3 Å². The van der Waals surface area contributed by atoms with Gasteiger partial charge in [-0.25, -0.2) is 4.98 Å². The monoisotopic (exact) mass is 335 g/mol. The van der Waals surface area contributed by atoms with E-state index in [1.54, 1.807) is 36.4 Å². The molecule has 1 heterocycles. The molecule has 0 saturated heterocycles. The first-order valence-electron chi connectivity index (χ1n) is 6.67. The molecule has 0 unspecified atom stereocenters. The van der Waals surface area contributed by atoms with Crippen molar-refractivity contribution in [3.8, 4) is 0 Å². The first-order valence-corrected chi connectivity index (χ1v) is 7.66. The van der Waals surface area contributed by atoms with Gasteiger partial charge < -0.3 is 0 Å². The fourth-order valence-corrected chi connectivity index (χ4v) is 3.18. The Labute approximate surface area is 134 Å². The Morgan fingerprint density at radius 3 is 2.74 bits per heavy atom. The van der Waals surface area contributed by atoms with Gasteiger partial charge in [-0.2, -0.15) is 8.78 Å². The van der Waals surface area contributed by atoms with E-state index in [4.69, 9.17) is 0 Å². The minimum Gasteiger partial charge on any atom is -0.261 e.